The second kappa shape index (κ2) is 5.82. The van der Waals surface area contributed by atoms with Crippen LogP contribution in [0, 0.1) is 6.92 Å². The van der Waals surface area contributed by atoms with Crippen LogP contribution in [0.3, 0.4) is 0 Å². The van der Waals surface area contributed by atoms with Crippen LogP contribution < -0.4 is 11.0 Å². The first kappa shape index (κ1) is 12.8. The lowest BCUT2D eigenvalue weighted by atomic mass is 10.3. The lowest BCUT2D eigenvalue weighted by Crippen LogP contribution is -2.25. The molecule has 1 aromatic carbocycles. The van der Waals surface area contributed by atoms with Crippen molar-refractivity contribution in [1.82, 2.24) is 9.55 Å². The van der Waals surface area contributed by atoms with Crippen molar-refractivity contribution in [2.24, 2.45) is 0 Å². The van der Waals surface area contributed by atoms with Gasteiger partial charge in [0, 0.05) is 35.6 Å². The van der Waals surface area contributed by atoms with E-state index in [1.54, 1.807) is 10.8 Å². The van der Waals surface area contributed by atoms with Gasteiger partial charge in [0.15, 0.2) is 0 Å². The third-order valence-corrected chi connectivity index (χ3v) is 2.98. The number of aromatic nitrogens is 2. The van der Waals surface area contributed by atoms with Crippen LogP contribution in [0.5, 0.6) is 0 Å². The third-order valence-electron chi connectivity index (χ3n) is 2.49. The minimum absolute atomic E-state index is 0.211. The minimum atomic E-state index is -0.211. The predicted molar refractivity (Wildman–Crippen MR) is 75.9 cm³/mol. The average Bonchev–Trinajstić information content (AvgIpc) is 2.34. The van der Waals surface area contributed by atoms with E-state index in [1.165, 1.54) is 0 Å². The lowest BCUT2D eigenvalue weighted by molar-refractivity contribution is 0.669. The Morgan fingerprint density at radius 3 is 3.06 bits per heavy atom. The van der Waals surface area contributed by atoms with Crippen molar-refractivity contribution >= 4 is 21.6 Å². The maximum absolute atomic E-state index is 11.5. The molecule has 2 rings (SSSR count). The number of rotatable bonds is 4. The van der Waals surface area contributed by atoms with E-state index in [1.807, 2.05) is 37.4 Å². The molecule has 0 spiro atoms. The first-order valence-corrected chi connectivity index (χ1v) is 6.47. The second-order valence-electron chi connectivity index (χ2n) is 4.04. The van der Waals surface area contributed by atoms with Gasteiger partial charge in [0.2, 0.25) is 0 Å². The van der Waals surface area contributed by atoms with E-state index in [9.17, 15) is 4.79 Å². The molecule has 0 fully saturated rings. The SMILES string of the molecule is Cc1cnc(=O)n(CCNc2cccc(Br)c2)c1. The van der Waals surface area contributed by atoms with Crippen LogP contribution in [0.15, 0.2) is 45.9 Å². The largest absolute Gasteiger partial charge is 0.383 e. The summed E-state index contributed by atoms with van der Waals surface area (Å²) < 4.78 is 2.64. The topological polar surface area (TPSA) is 46.9 Å². The fraction of sp³-hybridized carbons (Fsp3) is 0.231. The van der Waals surface area contributed by atoms with Gasteiger partial charge in [0.1, 0.15) is 0 Å². The Morgan fingerprint density at radius 2 is 2.28 bits per heavy atom. The van der Waals surface area contributed by atoms with Gasteiger partial charge in [-0.2, -0.15) is 0 Å². The standard InChI is InChI=1S/C13H14BrN3O/c1-10-8-16-13(18)17(9-10)6-5-15-12-4-2-3-11(14)7-12/h2-4,7-9,15H,5-6H2,1H3. The van der Waals surface area contributed by atoms with Crippen molar-refractivity contribution in [3.8, 4) is 0 Å². The lowest BCUT2D eigenvalue weighted by Gasteiger charge is -2.08. The summed E-state index contributed by atoms with van der Waals surface area (Å²) in [5.74, 6) is 0. The molecule has 2 aromatic rings. The average molecular weight is 308 g/mol. The molecule has 0 unspecified atom stereocenters. The number of halogens is 1. The van der Waals surface area contributed by atoms with Gasteiger partial charge in [0.05, 0.1) is 0 Å². The fourth-order valence-corrected chi connectivity index (χ4v) is 2.04. The number of anilines is 1. The molecule has 0 amide bonds. The molecule has 94 valence electrons. The Kier molecular flexibility index (Phi) is 4.15. The number of aryl methyl sites for hydroxylation is 1. The van der Waals surface area contributed by atoms with Gasteiger partial charge in [0.25, 0.3) is 0 Å². The Bertz CT molecular complexity index is 595. The second-order valence-corrected chi connectivity index (χ2v) is 4.96. The summed E-state index contributed by atoms with van der Waals surface area (Å²) in [5.41, 5.74) is 1.80. The summed E-state index contributed by atoms with van der Waals surface area (Å²) >= 11 is 3.41. The summed E-state index contributed by atoms with van der Waals surface area (Å²) in [7, 11) is 0. The van der Waals surface area contributed by atoms with Gasteiger partial charge < -0.3 is 5.32 Å². The summed E-state index contributed by atoms with van der Waals surface area (Å²) in [6, 6.07) is 7.92. The highest BCUT2D eigenvalue weighted by atomic mass is 79.9. The third kappa shape index (κ3) is 3.43. The van der Waals surface area contributed by atoms with Crippen molar-refractivity contribution in [2.75, 3.05) is 11.9 Å². The van der Waals surface area contributed by atoms with Crippen molar-refractivity contribution in [1.29, 1.82) is 0 Å². The van der Waals surface area contributed by atoms with Crippen molar-refractivity contribution in [3.05, 3.63) is 57.2 Å². The van der Waals surface area contributed by atoms with E-state index in [-0.39, 0.29) is 5.69 Å². The highest BCUT2D eigenvalue weighted by Gasteiger charge is 1.98. The molecule has 0 aliphatic carbocycles. The van der Waals surface area contributed by atoms with Crippen LogP contribution in [-0.4, -0.2) is 16.1 Å². The smallest absolute Gasteiger partial charge is 0.347 e. The summed E-state index contributed by atoms with van der Waals surface area (Å²) in [6.45, 7) is 3.20. The van der Waals surface area contributed by atoms with Crippen LogP contribution in [0.2, 0.25) is 0 Å². The van der Waals surface area contributed by atoms with E-state index >= 15 is 0 Å². The molecule has 0 bridgehead atoms. The zero-order valence-corrected chi connectivity index (χ0v) is 11.6. The molecule has 1 N–H and O–H groups in total. The van der Waals surface area contributed by atoms with Gasteiger partial charge in [-0.25, -0.2) is 9.78 Å². The highest BCUT2D eigenvalue weighted by molar-refractivity contribution is 9.10. The van der Waals surface area contributed by atoms with E-state index in [2.05, 4.69) is 26.2 Å². The Morgan fingerprint density at radius 1 is 1.44 bits per heavy atom. The van der Waals surface area contributed by atoms with Crippen molar-refractivity contribution in [2.45, 2.75) is 13.5 Å². The molecular formula is C13H14BrN3O. The molecule has 1 aromatic heterocycles. The van der Waals surface area contributed by atoms with Crippen LogP contribution in [-0.2, 0) is 6.54 Å². The zero-order valence-electron chi connectivity index (χ0n) is 10.1. The predicted octanol–water partition coefficient (Wildman–Crippen LogP) is 2.43. The molecule has 18 heavy (non-hydrogen) atoms. The maximum atomic E-state index is 11.5. The molecule has 0 atom stereocenters. The summed E-state index contributed by atoms with van der Waals surface area (Å²) in [6.07, 6.45) is 3.40. The van der Waals surface area contributed by atoms with E-state index in [0.717, 1.165) is 15.7 Å². The molecule has 0 aliphatic rings. The minimum Gasteiger partial charge on any atom is -0.383 e. The van der Waals surface area contributed by atoms with Crippen molar-refractivity contribution < 1.29 is 0 Å². The zero-order chi connectivity index (χ0) is 13.0. The van der Waals surface area contributed by atoms with Gasteiger partial charge in [-0.3, -0.25) is 4.57 Å². The number of nitrogens with zero attached hydrogens (tertiary/aromatic N) is 2. The van der Waals surface area contributed by atoms with Gasteiger partial charge in [-0.05, 0) is 30.7 Å². The molecule has 5 heteroatoms. The fourth-order valence-electron chi connectivity index (χ4n) is 1.64. The molecule has 0 saturated carbocycles. The summed E-state index contributed by atoms with van der Waals surface area (Å²) in [4.78, 5) is 15.3. The molecule has 0 aliphatic heterocycles. The number of hydrogen-bond acceptors (Lipinski definition) is 3. The quantitative estimate of drug-likeness (QED) is 0.943. The number of benzene rings is 1. The van der Waals surface area contributed by atoms with E-state index < -0.39 is 0 Å². The molecule has 0 saturated heterocycles. The van der Waals surface area contributed by atoms with E-state index in [0.29, 0.717) is 13.1 Å². The van der Waals surface area contributed by atoms with Crippen LogP contribution in [0.1, 0.15) is 5.56 Å². The van der Waals surface area contributed by atoms with Gasteiger partial charge >= 0.3 is 5.69 Å². The Hall–Kier alpha value is -1.62. The first-order chi connectivity index (χ1) is 8.65. The van der Waals surface area contributed by atoms with Crippen LogP contribution >= 0.6 is 15.9 Å². The van der Waals surface area contributed by atoms with Crippen molar-refractivity contribution in [3.63, 3.8) is 0 Å². The Labute approximate surface area is 114 Å². The Balaban J connectivity index is 1.96. The normalized spacial score (nSPS) is 10.3. The highest BCUT2D eigenvalue weighted by Crippen LogP contribution is 2.15. The maximum Gasteiger partial charge on any atom is 0.347 e. The molecule has 4 nitrogen and oxygen atoms in total. The van der Waals surface area contributed by atoms with E-state index in [4.69, 9.17) is 0 Å². The number of nitrogens with one attached hydrogen (secondary N) is 1. The monoisotopic (exact) mass is 307 g/mol. The molecular weight excluding hydrogens is 294 g/mol. The molecule has 0 radical (unpaired) electrons. The van der Waals surface area contributed by atoms with Gasteiger partial charge in [-0.15, -0.1) is 0 Å². The van der Waals surface area contributed by atoms with Crippen LogP contribution in [0.25, 0.3) is 0 Å². The number of hydrogen-bond donors (Lipinski definition) is 1. The van der Waals surface area contributed by atoms with Crippen LogP contribution in [0.4, 0.5) is 5.69 Å². The summed E-state index contributed by atoms with van der Waals surface area (Å²) in [5, 5.41) is 3.26. The van der Waals surface area contributed by atoms with Gasteiger partial charge in [-0.1, -0.05) is 22.0 Å². The molecule has 1 heterocycles. The first-order valence-electron chi connectivity index (χ1n) is 5.68.